The highest BCUT2D eigenvalue weighted by Gasteiger charge is 2.71. The van der Waals surface area contributed by atoms with Gasteiger partial charge >= 0.3 is 6.36 Å². The Labute approximate surface area is 237 Å². The van der Waals surface area contributed by atoms with Gasteiger partial charge in [-0.05, 0) is 91.8 Å². The molecule has 2 aliphatic heterocycles. The zero-order valence-electron chi connectivity index (χ0n) is 23.3. The van der Waals surface area contributed by atoms with Gasteiger partial charge in [-0.3, -0.25) is 9.69 Å². The van der Waals surface area contributed by atoms with Crippen molar-refractivity contribution in [1.29, 1.82) is 0 Å². The van der Waals surface area contributed by atoms with E-state index < -0.39 is 6.36 Å². The van der Waals surface area contributed by atoms with Crippen molar-refractivity contribution >= 4 is 12.0 Å². The van der Waals surface area contributed by atoms with Crippen LogP contribution in [0.2, 0.25) is 0 Å². The molecule has 2 aromatic carbocycles. The van der Waals surface area contributed by atoms with Crippen molar-refractivity contribution in [2.45, 2.75) is 75.4 Å². The molecule has 5 atom stereocenters. The lowest BCUT2D eigenvalue weighted by molar-refractivity contribution is -0.274. The van der Waals surface area contributed by atoms with E-state index in [9.17, 15) is 23.1 Å². The van der Waals surface area contributed by atoms with Crippen molar-refractivity contribution in [2.75, 3.05) is 20.1 Å². The highest BCUT2D eigenvalue weighted by Crippen LogP contribution is 2.69. The zero-order chi connectivity index (χ0) is 28.7. The second kappa shape index (κ2) is 9.15. The van der Waals surface area contributed by atoms with E-state index in [2.05, 4.69) is 22.6 Å². The number of hydrogen-bond donors (Lipinski definition) is 1. The molecule has 2 heterocycles. The normalized spacial score (nSPS) is 32.0. The van der Waals surface area contributed by atoms with Crippen LogP contribution in [0.15, 0.2) is 42.5 Å². The molecule has 1 N–H and O–H groups in total. The number of nitrogens with zero attached hydrogens (tertiary/aromatic N) is 2. The molecule has 218 valence electrons. The van der Waals surface area contributed by atoms with E-state index in [0.717, 1.165) is 50.3 Å². The molecule has 1 saturated heterocycles. The topological polar surface area (TPSA) is 62.2 Å². The highest BCUT2D eigenvalue weighted by atomic mass is 19.4. The van der Waals surface area contributed by atoms with Gasteiger partial charge in [0.05, 0.1) is 6.04 Å². The first-order valence-corrected chi connectivity index (χ1v) is 14.6. The number of ether oxygens (including phenoxy) is 2. The molecule has 6 nitrogen and oxygen atoms in total. The van der Waals surface area contributed by atoms with Gasteiger partial charge in [-0.2, -0.15) is 0 Å². The molecule has 5 aliphatic rings. The summed E-state index contributed by atoms with van der Waals surface area (Å²) in [7, 11) is 1.77. The third kappa shape index (κ3) is 4.14. The SMILES string of the molecule is CN(C(=O)C=Cc1cccc(OC(F)(F)F)c1)[C@H]1CC[C@@]2(C)[C@H]3Cc4ccc(O)c5c4[C@@]2(CCN3CC2CC2)[C@H]1O5. The van der Waals surface area contributed by atoms with Gasteiger partial charge in [0.15, 0.2) is 11.5 Å². The predicted octanol–water partition coefficient (Wildman–Crippen LogP) is 5.67. The van der Waals surface area contributed by atoms with Crippen molar-refractivity contribution < 1.29 is 32.5 Å². The number of likely N-dealkylation sites (N-methyl/N-ethyl adjacent to an activating group) is 1. The molecule has 2 aromatic rings. The van der Waals surface area contributed by atoms with Crippen LogP contribution in [0.5, 0.6) is 17.2 Å². The molecule has 2 bridgehead atoms. The highest BCUT2D eigenvalue weighted by molar-refractivity contribution is 5.92. The van der Waals surface area contributed by atoms with Crippen molar-refractivity contribution in [3.05, 3.63) is 59.2 Å². The van der Waals surface area contributed by atoms with Crippen LogP contribution in [-0.2, 0) is 16.6 Å². The first-order valence-electron chi connectivity index (χ1n) is 14.6. The van der Waals surface area contributed by atoms with E-state index in [4.69, 9.17) is 4.74 Å². The Morgan fingerprint density at radius 3 is 2.78 bits per heavy atom. The minimum Gasteiger partial charge on any atom is -0.504 e. The number of amides is 1. The zero-order valence-corrected chi connectivity index (χ0v) is 23.3. The van der Waals surface area contributed by atoms with Gasteiger partial charge in [0.25, 0.3) is 0 Å². The number of carbonyl (C=O) groups is 1. The minimum atomic E-state index is -4.79. The van der Waals surface area contributed by atoms with Gasteiger partial charge in [0.1, 0.15) is 11.9 Å². The van der Waals surface area contributed by atoms with Crippen LogP contribution in [-0.4, -0.2) is 65.5 Å². The van der Waals surface area contributed by atoms with Crippen LogP contribution in [0.1, 0.15) is 55.7 Å². The molecular weight excluding hydrogens is 533 g/mol. The van der Waals surface area contributed by atoms with E-state index in [0.29, 0.717) is 17.4 Å². The molecular formula is C32H35F3N2O4. The van der Waals surface area contributed by atoms with Crippen LogP contribution >= 0.6 is 0 Å². The first-order chi connectivity index (χ1) is 19.5. The van der Waals surface area contributed by atoms with E-state index >= 15 is 0 Å². The summed E-state index contributed by atoms with van der Waals surface area (Å²) in [6, 6.07) is 9.54. The van der Waals surface area contributed by atoms with Crippen molar-refractivity contribution in [3.63, 3.8) is 0 Å². The second-order valence-electron chi connectivity index (χ2n) is 12.8. The quantitative estimate of drug-likeness (QED) is 0.455. The molecule has 1 spiro atoms. The summed E-state index contributed by atoms with van der Waals surface area (Å²) < 4.78 is 48.7. The predicted molar refractivity (Wildman–Crippen MR) is 147 cm³/mol. The van der Waals surface area contributed by atoms with Gasteiger partial charge in [-0.1, -0.05) is 25.1 Å². The maximum absolute atomic E-state index is 13.5. The summed E-state index contributed by atoms with van der Waals surface area (Å²) in [5.41, 5.74) is 2.48. The molecule has 7 rings (SSSR count). The Bertz CT molecular complexity index is 1420. The summed E-state index contributed by atoms with van der Waals surface area (Å²) in [5, 5.41) is 10.9. The second-order valence-corrected chi connectivity index (χ2v) is 12.8. The standard InChI is InChI=1S/C32H35F3N2O4/c1-30-13-12-23(36(2)26(39)11-8-19-4-3-5-22(16-19)41-32(33,34)35)29-31(30)14-15-37(18-20-6-7-20)25(30)17-21-9-10-24(38)28(40-29)27(21)31/h3-5,8-11,16,20,23,25,29,38H,6-7,12-15,17-18H2,1-2H3/t23-,25+,29-,30-,31-/m0/s1. The molecule has 3 aliphatic carbocycles. The first kappa shape index (κ1) is 26.7. The number of phenolic OH excluding ortho intramolecular Hbond substituents is 1. The summed E-state index contributed by atoms with van der Waals surface area (Å²) in [4.78, 5) is 17.9. The lowest BCUT2D eigenvalue weighted by atomic mass is 9.43. The number of aromatic hydroxyl groups is 1. The third-order valence-electron chi connectivity index (χ3n) is 10.7. The molecule has 0 radical (unpaired) electrons. The Morgan fingerprint density at radius 2 is 2.02 bits per heavy atom. The Balaban J connectivity index is 1.18. The van der Waals surface area contributed by atoms with Gasteiger partial charge in [0, 0.05) is 36.7 Å². The fraction of sp³-hybridized carbons (Fsp3) is 0.531. The summed E-state index contributed by atoms with van der Waals surface area (Å²) in [6.07, 6.45) is 4.03. The largest absolute Gasteiger partial charge is 0.573 e. The maximum atomic E-state index is 13.5. The van der Waals surface area contributed by atoms with Crippen molar-refractivity contribution in [3.8, 4) is 17.2 Å². The molecule has 41 heavy (non-hydrogen) atoms. The third-order valence-corrected chi connectivity index (χ3v) is 10.7. The Kier molecular flexibility index (Phi) is 5.95. The fourth-order valence-corrected chi connectivity index (χ4v) is 8.57. The average molecular weight is 569 g/mol. The van der Waals surface area contributed by atoms with Gasteiger partial charge in [0.2, 0.25) is 5.91 Å². The lowest BCUT2D eigenvalue weighted by Gasteiger charge is -2.66. The number of rotatable bonds is 6. The average Bonchev–Trinajstić information content (AvgIpc) is 3.66. The van der Waals surface area contributed by atoms with Crippen LogP contribution in [0.4, 0.5) is 13.2 Å². The fourth-order valence-electron chi connectivity index (χ4n) is 8.57. The number of hydrogen-bond acceptors (Lipinski definition) is 5. The number of carbonyl (C=O) groups excluding carboxylic acids is 1. The van der Waals surface area contributed by atoms with Crippen LogP contribution in [0.3, 0.4) is 0 Å². The van der Waals surface area contributed by atoms with Crippen molar-refractivity contribution in [1.82, 2.24) is 9.80 Å². The van der Waals surface area contributed by atoms with Gasteiger partial charge < -0.3 is 19.5 Å². The maximum Gasteiger partial charge on any atom is 0.573 e. The molecule has 2 saturated carbocycles. The van der Waals surface area contributed by atoms with Crippen LogP contribution < -0.4 is 9.47 Å². The number of alkyl halides is 3. The summed E-state index contributed by atoms with van der Waals surface area (Å²) in [5.74, 6) is 0.950. The minimum absolute atomic E-state index is 0.0496. The van der Waals surface area contributed by atoms with E-state index in [1.807, 2.05) is 0 Å². The summed E-state index contributed by atoms with van der Waals surface area (Å²) in [6.45, 7) is 4.53. The smallest absolute Gasteiger partial charge is 0.504 e. The molecule has 0 aromatic heterocycles. The molecule has 1 amide bonds. The van der Waals surface area contributed by atoms with E-state index in [1.54, 1.807) is 24.1 Å². The van der Waals surface area contributed by atoms with Crippen molar-refractivity contribution in [2.24, 2.45) is 11.3 Å². The Morgan fingerprint density at radius 1 is 1.22 bits per heavy atom. The number of phenols is 1. The monoisotopic (exact) mass is 568 g/mol. The van der Waals surface area contributed by atoms with Crippen LogP contribution in [0.25, 0.3) is 6.08 Å². The van der Waals surface area contributed by atoms with Crippen LogP contribution in [0, 0.1) is 11.3 Å². The number of halogens is 3. The number of likely N-dealkylation sites (tertiary alicyclic amines) is 1. The molecule has 3 fully saturated rings. The lowest BCUT2D eigenvalue weighted by Crippen LogP contribution is -2.73. The van der Waals surface area contributed by atoms with Gasteiger partial charge in [-0.15, -0.1) is 13.2 Å². The number of benzene rings is 2. The Hall–Kier alpha value is -3.20. The number of piperidine rings is 1. The van der Waals surface area contributed by atoms with E-state index in [1.165, 1.54) is 48.8 Å². The molecule has 0 unspecified atom stereocenters. The molecule has 9 heteroatoms. The summed E-state index contributed by atoms with van der Waals surface area (Å²) >= 11 is 0. The van der Waals surface area contributed by atoms with E-state index in [-0.39, 0.29) is 40.4 Å². The van der Waals surface area contributed by atoms with Gasteiger partial charge in [-0.25, -0.2) is 0 Å².